The smallest absolute Gasteiger partial charge is 0.168 e. The van der Waals surface area contributed by atoms with E-state index in [0.717, 1.165) is 41.3 Å². The van der Waals surface area contributed by atoms with Crippen LogP contribution in [0, 0.1) is 5.41 Å². The predicted molar refractivity (Wildman–Crippen MR) is 122 cm³/mol. The number of nitrogens with zero attached hydrogens (tertiary/aromatic N) is 4. The van der Waals surface area contributed by atoms with Crippen molar-refractivity contribution in [2.24, 2.45) is 5.41 Å². The van der Waals surface area contributed by atoms with Gasteiger partial charge in [-0.3, -0.25) is 14.2 Å². The Kier molecular flexibility index (Phi) is 4.33. The highest BCUT2D eigenvalue weighted by Crippen LogP contribution is 2.55. The van der Waals surface area contributed by atoms with E-state index >= 15 is 0 Å². The van der Waals surface area contributed by atoms with Crippen LogP contribution in [-0.4, -0.2) is 31.7 Å². The van der Waals surface area contributed by atoms with Crippen LogP contribution in [0.3, 0.4) is 0 Å². The van der Waals surface area contributed by atoms with Gasteiger partial charge in [0.2, 0.25) is 0 Å². The maximum absolute atomic E-state index is 12.7. The van der Waals surface area contributed by atoms with Gasteiger partial charge in [-0.1, -0.05) is 30.3 Å². The van der Waals surface area contributed by atoms with Gasteiger partial charge in [0, 0.05) is 42.0 Å². The van der Waals surface area contributed by atoms with Gasteiger partial charge in [0.15, 0.2) is 5.78 Å². The fraction of sp³-hybridized carbons (Fsp3) is 0.280. The molecule has 4 aromatic rings. The van der Waals surface area contributed by atoms with E-state index in [4.69, 9.17) is 10.7 Å². The Morgan fingerprint density at radius 1 is 1.12 bits per heavy atom. The van der Waals surface area contributed by atoms with Crippen molar-refractivity contribution in [3.05, 3.63) is 78.1 Å². The van der Waals surface area contributed by atoms with Crippen LogP contribution in [0.25, 0.3) is 16.8 Å². The molecule has 1 saturated heterocycles. The zero-order valence-electron chi connectivity index (χ0n) is 17.7. The molecule has 0 radical (unpaired) electrons. The molecule has 3 N–H and O–H groups in total. The summed E-state index contributed by atoms with van der Waals surface area (Å²) < 4.78 is 2.07. The summed E-state index contributed by atoms with van der Waals surface area (Å²) in [6.45, 7) is 1.05. The van der Waals surface area contributed by atoms with Gasteiger partial charge in [0.05, 0.1) is 12.5 Å². The second-order valence-electron chi connectivity index (χ2n) is 8.99. The highest BCUT2D eigenvalue weighted by molar-refractivity contribution is 5.98. The Morgan fingerprint density at radius 3 is 2.69 bits per heavy atom. The van der Waals surface area contributed by atoms with Gasteiger partial charge in [-0.15, -0.1) is 0 Å². The molecule has 4 heterocycles. The second kappa shape index (κ2) is 7.24. The lowest BCUT2D eigenvalue weighted by atomic mass is 10.0. The van der Waals surface area contributed by atoms with Gasteiger partial charge in [0.1, 0.15) is 22.9 Å². The third-order valence-electron chi connectivity index (χ3n) is 6.79. The molecule has 3 aromatic heterocycles. The summed E-state index contributed by atoms with van der Waals surface area (Å²) >= 11 is 0. The number of rotatable bonds is 5. The largest absolute Gasteiger partial charge is 0.382 e. The van der Waals surface area contributed by atoms with Crippen LogP contribution in [0.4, 0.5) is 5.82 Å². The molecule has 0 unspecified atom stereocenters. The van der Waals surface area contributed by atoms with E-state index in [1.54, 1.807) is 12.4 Å². The summed E-state index contributed by atoms with van der Waals surface area (Å²) in [5.74, 6) is 1.47. The summed E-state index contributed by atoms with van der Waals surface area (Å²) in [7, 11) is 0. The van der Waals surface area contributed by atoms with Crippen molar-refractivity contribution >= 4 is 17.1 Å². The van der Waals surface area contributed by atoms with Gasteiger partial charge in [-0.2, -0.15) is 0 Å². The highest BCUT2D eigenvalue weighted by Gasteiger charge is 2.49. The average molecular weight is 425 g/mol. The van der Waals surface area contributed by atoms with Crippen LogP contribution < -0.4 is 11.1 Å². The fourth-order valence-electron chi connectivity index (χ4n) is 4.77. The molecular formula is C25H24N6O. The topological polar surface area (TPSA) is 98.2 Å². The van der Waals surface area contributed by atoms with Crippen molar-refractivity contribution in [2.75, 3.05) is 12.3 Å². The summed E-state index contributed by atoms with van der Waals surface area (Å²) in [5, 5.41) is 3.65. The SMILES string of the molecule is Nc1nccn2c([C@@H]3CC4(CC4)CN3)nc(-c3ccc(C(=O)Cc4ccccn4)cc3)c12. The van der Waals surface area contributed by atoms with E-state index in [9.17, 15) is 4.79 Å². The van der Waals surface area contributed by atoms with Crippen molar-refractivity contribution < 1.29 is 4.79 Å². The van der Waals surface area contributed by atoms with Crippen molar-refractivity contribution in [1.82, 2.24) is 24.7 Å². The van der Waals surface area contributed by atoms with Gasteiger partial charge in [-0.05, 0) is 36.8 Å². The quantitative estimate of drug-likeness (QED) is 0.475. The number of imidazole rings is 1. The number of nitrogens with two attached hydrogens (primary N) is 1. The van der Waals surface area contributed by atoms with Gasteiger partial charge < -0.3 is 11.1 Å². The number of carbonyl (C=O) groups is 1. The number of benzene rings is 1. The molecule has 1 aromatic carbocycles. The third kappa shape index (κ3) is 3.26. The Hall–Kier alpha value is -3.58. The van der Waals surface area contributed by atoms with Gasteiger partial charge in [-0.25, -0.2) is 9.97 Å². The molecule has 1 aliphatic carbocycles. The number of ketones is 1. The number of hydrogen-bond acceptors (Lipinski definition) is 6. The molecule has 7 heteroatoms. The van der Waals surface area contributed by atoms with E-state index in [-0.39, 0.29) is 18.2 Å². The minimum atomic E-state index is 0.0386. The Balaban J connectivity index is 1.34. The van der Waals surface area contributed by atoms with Crippen LogP contribution in [-0.2, 0) is 6.42 Å². The lowest BCUT2D eigenvalue weighted by molar-refractivity contribution is 0.0992. The first-order valence-corrected chi connectivity index (χ1v) is 11.0. The molecule has 6 rings (SSSR count). The van der Waals surface area contributed by atoms with E-state index < -0.39 is 0 Å². The lowest BCUT2D eigenvalue weighted by Crippen LogP contribution is -2.16. The van der Waals surface area contributed by atoms with Crippen LogP contribution in [0.2, 0.25) is 0 Å². The molecule has 2 aliphatic rings. The van der Waals surface area contributed by atoms with Crippen molar-refractivity contribution in [2.45, 2.75) is 31.7 Å². The predicted octanol–water partition coefficient (Wildman–Crippen LogP) is 3.61. The molecule has 32 heavy (non-hydrogen) atoms. The lowest BCUT2D eigenvalue weighted by Gasteiger charge is -2.09. The molecule has 1 aliphatic heterocycles. The molecule has 1 spiro atoms. The Labute approximate surface area is 185 Å². The monoisotopic (exact) mass is 424 g/mol. The molecule has 1 saturated carbocycles. The van der Waals surface area contributed by atoms with E-state index in [1.165, 1.54) is 12.8 Å². The zero-order chi connectivity index (χ0) is 21.7. The molecule has 1 atom stereocenters. The Morgan fingerprint density at radius 2 is 1.97 bits per heavy atom. The van der Waals surface area contributed by atoms with E-state index in [2.05, 4.69) is 19.7 Å². The van der Waals surface area contributed by atoms with Crippen LogP contribution >= 0.6 is 0 Å². The molecule has 7 nitrogen and oxygen atoms in total. The maximum Gasteiger partial charge on any atom is 0.168 e. The number of hydrogen-bond donors (Lipinski definition) is 2. The molecular weight excluding hydrogens is 400 g/mol. The minimum Gasteiger partial charge on any atom is -0.382 e. The Bertz CT molecular complexity index is 1310. The summed E-state index contributed by atoms with van der Waals surface area (Å²) in [6, 6.07) is 13.4. The first-order valence-electron chi connectivity index (χ1n) is 11.0. The first-order chi connectivity index (χ1) is 15.6. The number of Topliss-reactive ketones (excluding diaryl/α,β-unsaturated/α-hetero) is 1. The number of nitrogens with one attached hydrogen (secondary N) is 1. The highest BCUT2D eigenvalue weighted by atomic mass is 16.1. The van der Waals surface area contributed by atoms with Crippen LogP contribution in [0.15, 0.2) is 61.1 Å². The summed E-state index contributed by atoms with van der Waals surface area (Å²) in [4.78, 5) is 26.2. The van der Waals surface area contributed by atoms with Crippen molar-refractivity contribution in [1.29, 1.82) is 0 Å². The standard InChI is InChI=1S/C25H24N6O/c26-23-22-21(17-6-4-16(5-7-17)20(32)13-18-3-1-2-10-27-18)30-24(31(22)12-11-28-23)19-14-25(8-9-25)15-29-19/h1-7,10-12,19,29H,8-9,13-15H2,(H2,26,28)/t19-/m0/s1. The number of fused-ring (bicyclic) bond motifs is 1. The molecule has 0 amide bonds. The zero-order valence-corrected chi connectivity index (χ0v) is 17.7. The third-order valence-corrected chi connectivity index (χ3v) is 6.79. The maximum atomic E-state index is 12.7. The van der Waals surface area contributed by atoms with E-state index in [0.29, 0.717) is 16.8 Å². The van der Waals surface area contributed by atoms with Crippen LogP contribution in [0.1, 0.15) is 47.2 Å². The number of pyridine rings is 1. The van der Waals surface area contributed by atoms with E-state index in [1.807, 2.05) is 48.7 Å². The fourth-order valence-corrected chi connectivity index (χ4v) is 4.77. The second-order valence-corrected chi connectivity index (χ2v) is 8.99. The number of carbonyl (C=O) groups excluding carboxylic acids is 1. The molecule has 0 bridgehead atoms. The number of nitrogen functional groups attached to an aromatic ring is 1. The number of anilines is 1. The average Bonchev–Trinajstić information content (AvgIpc) is 3.26. The summed E-state index contributed by atoms with van der Waals surface area (Å²) in [5.41, 5.74) is 10.7. The van der Waals surface area contributed by atoms with Gasteiger partial charge in [0.25, 0.3) is 0 Å². The van der Waals surface area contributed by atoms with Crippen LogP contribution in [0.5, 0.6) is 0 Å². The number of aromatic nitrogens is 4. The normalized spacial score (nSPS) is 18.9. The molecule has 2 fully saturated rings. The molecule has 160 valence electrons. The van der Waals surface area contributed by atoms with Crippen molar-refractivity contribution in [3.8, 4) is 11.3 Å². The van der Waals surface area contributed by atoms with Crippen molar-refractivity contribution in [3.63, 3.8) is 0 Å². The van der Waals surface area contributed by atoms with Gasteiger partial charge >= 0.3 is 0 Å². The summed E-state index contributed by atoms with van der Waals surface area (Å²) in [6.07, 6.45) is 9.34. The first kappa shape index (κ1) is 19.1. The minimum absolute atomic E-state index is 0.0386.